The highest BCUT2D eigenvalue weighted by Crippen LogP contribution is 2.28. The van der Waals surface area contributed by atoms with Gasteiger partial charge in [-0.05, 0) is 43.2 Å². The van der Waals surface area contributed by atoms with Crippen molar-refractivity contribution in [3.8, 4) is 22.6 Å². The Kier molecular flexibility index (Phi) is 6.92. The van der Waals surface area contributed by atoms with Crippen LogP contribution in [0.3, 0.4) is 0 Å². The molecule has 0 aliphatic rings. The molecule has 2 aromatic heterocycles. The number of allylic oxidation sites excluding steroid dienone is 2. The molecule has 0 radical (unpaired) electrons. The molecule has 0 spiro atoms. The first-order chi connectivity index (χ1) is 15.0. The van der Waals surface area contributed by atoms with Gasteiger partial charge in [-0.3, -0.25) is 14.0 Å². The van der Waals surface area contributed by atoms with Gasteiger partial charge in [-0.1, -0.05) is 31.4 Å². The second-order valence-corrected chi connectivity index (χ2v) is 7.13. The van der Waals surface area contributed by atoms with Gasteiger partial charge in [0.05, 0.1) is 18.5 Å². The highest BCUT2D eigenvalue weighted by molar-refractivity contribution is 5.77. The summed E-state index contributed by atoms with van der Waals surface area (Å²) >= 11 is 0. The minimum Gasteiger partial charge on any atom is -0.494 e. The summed E-state index contributed by atoms with van der Waals surface area (Å²) in [5.41, 5.74) is 5.12. The van der Waals surface area contributed by atoms with Gasteiger partial charge in [0.15, 0.2) is 0 Å². The number of anilines is 1. The van der Waals surface area contributed by atoms with Crippen LogP contribution in [0.4, 0.5) is 5.69 Å². The number of hydrogen-bond acceptors (Lipinski definition) is 4. The number of nitrogens with zero attached hydrogens (tertiary/aromatic N) is 3. The van der Waals surface area contributed by atoms with Gasteiger partial charge < -0.3 is 10.1 Å². The summed E-state index contributed by atoms with van der Waals surface area (Å²) < 4.78 is 8.98. The average molecular weight is 417 g/mol. The predicted octanol–water partition coefficient (Wildman–Crippen LogP) is 4.66. The molecule has 0 fully saturated rings. The van der Waals surface area contributed by atoms with Crippen LogP contribution in [-0.2, 0) is 7.05 Å². The van der Waals surface area contributed by atoms with Crippen molar-refractivity contribution in [2.45, 2.75) is 13.8 Å². The third-order valence-electron chi connectivity index (χ3n) is 4.89. The van der Waals surface area contributed by atoms with Crippen LogP contribution in [0.5, 0.6) is 5.75 Å². The zero-order chi connectivity index (χ0) is 22.4. The van der Waals surface area contributed by atoms with Crippen LogP contribution in [0.25, 0.3) is 16.8 Å². The van der Waals surface area contributed by atoms with Gasteiger partial charge in [-0.15, -0.1) is 0 Å². The lowest BCUT2D eigenvalue weighted by Gasteiger charge is -2.16. The summed E-state index contributed by atoms with van der Waals surface area (Å²) in [7, 11) is 1.87. The molecule has 160 valence electrons. The molecular formula is C25H28N4O2. The number of aryl methyl sites for hydroxylation is 2. The molecular weight excluding hydrogens is 388 g/mol. The van der Waals surface area contributed by atoms with Gasteiger partial charge in [0, 0.05) is 48.9 Å². The predicted molar refractivity (Wildman–Crippen MR) is 127 cm³/mol. The number of benzene rings is 1. The van der Waals surface area contributed by atoms with Gasteiger partial charge in [-0.2, -0.15) is 5.10 Å². The number of pyridine rings is 1. The third-order valence-corrected chi connectivity index (χ3v) is 4.89. The Labute approximate surface area is 182 Å². The van der Waals surface area contributed by atoms with Crippen LogP contribution >= 0.6 is 0 Å². The van der Waals surface area contributed by atoms with Crippen LogP contribution in [0.1, 0.15) is 12.5 Å². The average Bonchev–Trinajstić information content (AvgIpc) is 3.18. The van der Waals surface area contributed by atoms with Crippen molar-refractivity contribution in [2.75, 3.05) is 18.5 Å². The van der Waals surface area contributed by atoms with E-state index in [4.69, 9.17) is 4.74 Å². The first kappa shape index (κ1) is 21.9. The molecule has 0 aliphatic heterocycles. The van der Waals surface area contributed by atoms with Crippen LogP contribution in [-0.4, -0.2) is 27.5 Å². The van der Waals surface area contributed by atoms with Crippen LogP contribution < -0.4 is 15.6 Å². The van der Waals surface area contributed by atoms with Crippen molar-refractivity contribution in [3.05, 3.63) is 95.7 Å². The molecule has 3 aromatic rings. The van der Waals surface area contributed by atoms with E-state index < -0.39 is 0 Å². The van der Waals surface area contributed by atoms with Crippen molar-refractivity contribution in [2.24, 2.45) is 7.05 Å². The van der Waals surface area contributed by atoms with Gasteiger partial charge in [0.25, 0.3) is 5.56 Å². The highest BCUT2D eigenvalue weighted by atomic mass is 16.5. The fraction of sp³-hybridized carbons (Fsp3) is 0.200. The fourth-order valence-electron chi connectivity index (χ4n) is 3.36. The molecule has 6 heteroatoms. The topological polar surface area (TPSA) is 61.1 Å². The quantitative estimate of drug-likeness (QED) is 0.516. The van der Waals surface area contributed by atoms with Crippen LogP contribution in [0.15, 0.2) is 84.6 Å². The second kappa shape index (κ2) is 9.80. The van der Waals surface area contributed by atoms with Crippen molar-refractivity contribution >= 4 is 5.69 Å². The van der Waals surface area contributed by atoms with Crippen molar-refractivity contribution in [1.82, 2.24) is 14.3 Å². The van der Waals surface area contributed by atoms with E-state index in [1.54, 1.807) is 33.7 Å². The highest BCUT2D eigenvalue weighted by Gasteiger charge is 2.13. The lowest BCUT2D eigenvalue weighted by molar-refractivity contribution is 0.340. The van der Waals surface area contributed by atoms with Crippen molar-refractivity contribution < 1.29 is 4.74 Å². The minimum atomic E-state index is -0.129. The van der Waals surface area contributed by atoms with Gasteiger partial charge in [0.1, 0.15) is 5.75 Å². The van der Waals surface area contributed by atoms with Crippen LogP contribution in [0, 0.1) is 6.92 Å². The number of rotatable bonds is 9. The normalized spacial score (nSPS) is 11.3. The lowest BCUT2D eigenvalue weighted by Crippen LogP contribution is -2.20. The Balaban J connectivity index is 2.09. The van der Waals surface area contributed by atoms with Crippen LogP contribution in [0.2, 0.25) is 0 Å². The van der Waals surface area contributed by atoms with E-state index >= 15 is 0 Å². The first-order valence-electron chi connectivity index (χ1n) is 10.1. The fourth-order valence-corrected chi connectivity index (χ4v) is 3.36. The van der Waals surface area contributed by atoms with Crippen molar-refractivity contribution in [3.63, 3.8) is 0 Å². The monoisotopic (exact) mass is 416 g/mol. The van der Waals surface area contributed by atoms with E-state index in [9.17, 15) is 4.79 Å². The molecule has 0 saturated heterocycles. The smallest absolute Gasteiger partial charge is 0.257 e. The summed E-state index contributed by atoms with van der Waals surface area (Å²) in [4.78, 5) is 13.1. The molecule has 0 amide bonds. The Morgan fingerprint density at radius 1 is 1.26 bits per heavy atom. The largest absolute Gasteiger partial charge is 0.494 e. The Morgan fingerprint density at radius 3 is 2.68 bits per heavy atom. The number of nitrogens with one attached hydrogen (secondary N) is 1. The summed E-state index contributed by atoms with van der Waals surface area (Å²) in [5.74, 6) is 0.786. The Bertz CT molecular complexity index is 1180. The zero-order valence-electron chi connectivity index (χ0n) is 18.3. The molecule has 0 atom stereocenters. The van der Waals surface area contributed by atoms with E-state index in [1.165, 1.54) is 0 Å². The molecule has 1 N–H and O–H groups in total. The molecule has 31 heavy (non-hydrogen) atoms. The Hall–Kier alpha value is -3.80. The Morgan fingerprint density at radius 2 is 2.06 bits per heavy atom. The molecule has 0 saturated carbocycles. The number of ether oxygens (including phenoxy) is 1. The maximum absolute atomic E-state index is 13.1. The molecule has 6 nitrogen and oxygen atoms in total. The van der Waals surface area contributed by atoms with Crippen molar-refractivity contribution in [1.29, 1.82) is 0 Å². The van der Waals surface area contributed by atoms with E-state index in [0.717, 1.165) is 39.4 Å². The molecule has 1 aromatic carbocycles. The SMILES string of the molecule is C=C/C=C(\C=C)CNc1cc(=O)n(-c2ccc(OCC)cc2C)cc1-c1cnn(C)c1. The maximum Gasteiger partial charge on any atom is 0.257 e. The molecule has 0 aliphatic carbocycles. The van der Waals surface area contributed by atoms with Gasteiger partial charge in [0.2, 0.25) is 0 Å². The van der Waals surface area contributed by atoms with E-state index in [1.807, 2.05) is 57.6 Å². The molecule has 0 bridgehead atoms. The van der Waals surface area contributed by atoms with Gasteiger partial charge >= 0.3 is 0 Å². The maximum atomic E-state index is 13.1. The number of aromatic nitrogens is 3. The molecule has 2 heterocycles. The van der Waals surface area contributed by atoms with Gasteiger partial charge in [-0.25, -0.2) is 0 Å². The summed E-state index contributed by atoms with van der Waals surface area (Å²) in [6.45, 7) is 12.6. The minimum absolute atomic E-state index is 0.129. The van der Waals surface area contributed by atoms with E-state index in [0.29, 0.717) is 13.2 Å². The number of hydrogen-bond donors (Lipinski definition) is 1. The second-order valence-electron chi connectivity index (χ2n) is 7.13. The lowest BCUT2D eigenvalue weighted by atomic mass is 10.1. The third kappa shape index (κ3) is 5.04. The van der Waals surface area contributed by atoms with E-state index in [-0.39, 0.29) is 5.56 Å². The first-order valence-corrected chi connectivity index (χ1v) is 10.1. The standard InChI is InChI=1S/C25H28N4O2/c1-6-9-19(7-2)14-26-23-13-25(30)29(17-22(23)20-15-27-28(5)16-20)24-11-10-21(31-8-3)12-18(24)4/h6-7,9-13,15-17,26H,1-2,8,14H2,3-5H3/b19-9+. The summed E-state index contributed by atoms with van der Waals surface area (Å²) in [6, 6.07) is 7.35. The molecule has 3 rings (SSSR count). The summed E-state index contributed by atoms with van der Waals surface area (Å²) in [5, 5.41) is 7.65. The molecule has 0 unspecified atom stereocenters. The zero-order valence-corrected chi connectivity index (χ0v) is 18.3. The van der Waals surface area contributed by atoms with E-state index in [2.05, 4.69) is 23.6 Å². The summed E-state index contributed by atoms with van der Waals surface area (Å²) in [6.07, 6.45) is 10.9.